The second-order valence-corrected chi connectivity index (χ2v) is 5.15. The van der Waals surface area contributed by atoms with Crippen LogP contribution in [0.2, 0.25) is 0 Å². The van der Waals surface area contributed by atoms with Gasteiger partial charge in [-0.25, -0.2) is 8.42 Å². The summed E-state index contributed by atoms with van der Waals surface area (Å²) in [5.41, 5.74) is 9.77. The lowest BCUT2D eigenvalue weighted by Gasteiger charge is -2.09. The van der Waals surface area contributed by atoms with Crippen LogP contribution in [0.3, 0.4) is 0 Å². The van der Waals surface area contributed by atoms with Crippen LogP contribution >= 0.6 is 0 Å². The number of nitrogen functional groups attached to an aromatic ring is 2. The molecule has 0 fully saturated rings. The topological polar surface area (TPSA) is 106 Å². The van der Waals surface area contributed by atoms with Crippen molar-refractivity contribution in [3.8, 4) is 0 Å². The Kier molecular flexibility index (Phi) is 2.68. The van der Waals surface area contributed by atoms with E-state index in [9.17, 15) is 8.42 Å². The fourth-order valence-electron chi connectivity index (χ4n) is 0.981. The zero-order chi connectivity index (χ0) is 10.9. The Morgan fingerprint density at radius 3 is 2.43 bits per heavy atom. The van der Waals surface area contributed by atoms with Crippen LogP contribution in [-0.4, -0.2) is 19.0 Å². The van der Waals surface area contributed by atoms with Gasteiger partial charge in [-0.3, -0.25) is 0 Å². The summed E-state index contributed by atoms with van der Waals surface area (Å²) >= 11 is 0. The van der Waals surface area contributed by atoms with E-state index in [1.807, 2.05) is 0 Å². The molecule has 0 aliphatic carbocycles. The first-order valence-corrected chi connectivity index (χ1v) is 5.47. The van der Waals surface area contributed by atoms with Gasteiger partial charge in [-0.1, -0.05) is 0 Å². The Labute approximate surface area is 82.3 Å². The van der Waals surface area contributed by atoms with Gasteiger partial charge in [-0.15, -0.1) is 0 Å². The molecule has 5 nitrogen and oxygen atoms in total. The maximum absolute atomic E-state index is 11.5. The summed E-state index contributed by atoms with van der Waals surface area (Å²) in [6.45, 7) is 1.16. The number of rotatable bonds is 2. The smallest absolute Gasteiger partial charge is 0.206 e. The number of sulfone groups is 1. The van der Waals surface area contributed by atoms with Crippen molar-refractivity contribution in [3.63, 3.8) is 0 Å². The van der Waals surface area contributed by atoms with Gasteiger partial charge in [0.15, 0.2) is 5.44 Å². The Balaban J connectivity index is 3.40. The van der Waals surface area contributed by atoms with Crippen LogP contribution in [0.5, 0.6) is 0 Å². The van der Waals surface area contributed by atoms with E-state index in [4.69, 9.17) is 16.6 Å². The summed E-state index contributed by atoms with van der Waals surface area (Å²) in [6.07, 6.45) is 0. The second-order valence-electron chi connectivity index (χ2n) is 2.94. The first-order valence-electron chi connectivity index (χ1n) is 3.92. The van der Waals surface area contributed by atoms with Gasteiger partial charge >= 0.3 is 0 Å². The van der Waals surface area contributed by atoms with Crippen molar-refractivity contribution in [3.05, 3.63) is 18.2 Å². The normalized spacial score (nSPS) is 13.9. The number of aliphatic hydroxyl groups excluding tert-OH is 1. The monoisotopic (exact) mass is 216 g/mol. The van der Waals surface area contributed by atoms with Gasteiger partial charge in [0.2, 0.25) is 9.84 Å². The first kappa shape index (κ1) is 10.8. The van der Waals surface area contributed by atoms with Crippen LogP contribution in [0.1, 0.15) is 6.92 Å². The van der Waals surface area contributed by atoms with Crippen LogP contribution in [-0.2, 0) is 9.84 Å². The third kappa shape index (κ3) is 1.80. The van der Waals surface area contributed by atoms with Crippen molar-refractivity contribution in [2.75, 3.05) is 11.5 Å². The molecule has 0 aliphatic rings. The molecule has 0 bridgehead atoms. The molecule has 0 radical (unpaired) electrons. The number of hydrogen-bond acceptors (Lipinski definition) is 5. The van der Waals surface area contributed by atoms with Crippen molar-refractivity contribution in [1.29, 1.82) is 0 Å². The fraction of sp³-hybridized carbons (Fsp3) is 0.250. The SMILES string of the molecule is CC(O)S(=O)(=O)c1cc(N)ccc1N. The van der Waals surface area contributed by atoms with Crippen molar-refractivity contribution in [2.45, 2.75) is 17.3 Å². The summed E-state index contributed by atoms with van der Waals surface area (Å²) < 4.78 is 23.0. The quantitative estimate of drug-likeness (QED) is 0.601. The molecule has 0 saturated heterocycles. The molecule has 0 aliphatic heterocycles. The second kappa shape index (κ2) is 3.47. The third-order valence-electron chi connectivity index (χ3n) is 1.79. The average Bonchev–Trinajstić information content (AvgIpc) is 2.08. The molecule has 14 heavy (non-hydrogen) atoms. The summed E-state index contributed by atoms with van der Waals surface area (Å²) in [5, 5.41) is 9.06. The van der Waals surface area contributed by atoms with Crippen LogP contribution < -0.4 is 11.5 Å². The molecule has 1 aromatic carbocycles. The Morgan fingerprint density at radius 2 is 1.93 bits per heavy atom. The molecule has 1 atom stereocenters. The molecule has 0 amide bonds. The zero-order valence-electron chi connectivity index (χ0n) is 7.64. The van der Waals surface area contributed by atoms with Crippen molar-refractivity contribution < 1.29 is 13.5 Å². The van der Waals surface area contributed by atoms with Crippen LogP contribution in [0.25, 0.3) is 0 Å². The molecule has 1 rings (SSSR count). The lowest BCUT2D eigenvalue weighted by molar-refractivity contribution is 0.268. The number of benzene rings is 1. The fourth-order valence-corrected chi connectivity index (χ4v) is 2.05. The average molecular weight is 216 g/mol. The molecular formula is C8H12N2O3S. The maximum Gasteiger partial charge on any atom is 0.206 e. The number of anilines is 2. The van der Waals surface area contributed by atoms with Crippen LogP contribution in [0.4, 0.5) is 11.4 Å². The molecular weight excluding hydrogens is 204 g/mol. The maximum atomic E-state index is 11.5. The van der Waals surface area contributed by atoms with E-state index < -0.39 is 15.3 Å². The Hall–Kier alpha value is -1.27. The Bertz CT molecular complexity index is 440. The highest BCUT2D eigenvalue weighted by Gasteiger charge is 2.23. The standard InChI is InChI=1S/C8H12N2O3S/c1-5(11)14(12,13)8-4-6(9)2-3-7(8)10/h2-5,11H,9-10H2,1H3. The van der Waals surface area contributed by atoms with E-state index in [1.165, 1.54) is 18.2 Å². The highest BCUT2D eigenvalue weighted by molar-refractivity contribution is 7.92. The Morgan fingerprint density at radius 1 is 1.36 bits per heavy atom. The number of nitrogens with two attached hydrogens (primary N) is 2. The number of hydrogen-bond donors (Lipinski definition) is 3. The minimum atomic E-state index is -3.78. The lowest BCUT2D eigenvalue weighted by atomic mass is 10.3. The van der Waals surface area contributed by atoms with E-state index in [2.05, 4.69) is 0 Å². The summed E-state index contributed by atoms with van der Waals surface area (Å²) in [7, 11) is -3.78. The van der Waals surface area contributed by atoms with Gasteiger partial charge in [0.1, 0.15) is 0 Å². The molecule has 0 heterocycles. The van der Waals surface area contributed by atoms with Crippen LogP contribution in [0, 0.1) is 0 Å². The molecule has 5 N–H and O–H groups in total. The molecule has 0 spiro atoms. The molecule has 0 saturated carbocycles. The predicted octanol–water partition coefficient (Wildman–Crippen LogP) is -0.0370. The highest BCUT2D eigenvalue weighted by atomic mass is 32.2. The largest absolute Gasteiger partial charge is 0.399 e. The van der Waals surface area contributed by atoms with E-state index in [0.29, 0.717) is 5.69 Å². The zero-order valence-corrected chi connectivity index (χ0v) is 8.45. The molecule has 1 unspecified atom stereocenters. The first-order chi connectivity index (χ1) is 6.35. The van der Waals surface area contributed by atoms with Gasteiger partial charge < -0.3 is 16.6 Å². The molecule has 78 valence electrons. The van der Waals surface area contributed by atoms with Crippen molar-refractivity contribution in [2.24, 2.45) is 0 Å². The van der Waals surface area contributed by atoms with Gasteiger partial charge in [-0.2, -0.15) is 0 Å². The van der Waals surface area contributed by atoms with Gasteiger partial charge in [0.05, 0.1) is 10.6 Å². The summed E-state index contributed by atoms with van der Waals surface area (Å²) in [5.74, 6) is 0. The molecule has 1 aromatic rings. The van der Waals surface area contributed by atoms with E-state index in [0.717, 1.165) is 6.92 Å². The third-order valence-corrected chi connectivity index (χ3v) is 3.66. The minimum absolute atomic E-state index is 0.0834. The van der Waals surface area contributed by atoms with E-state index >= 15 is 0 Å². The summed E-state index contributed by atoms with van der Waals surface area (Å²) in [4.78, 5) is -0.132. The van der Waals surface area contributed by atoms with Gasteiger partial charge in [0, 0.05) is 5.69 Å². The summed E-state index contributed by atoms with van der Waals surface area (Å²) in [6, 6.07) is 4.12. The molecule has 0 aromatic heterocycles. The lowest BCUT2D eigenvalue weighted by Crippen LogP contribution is -2.18. The minimum Gasteiger partial charge on any atom is -0.399 e. The molecule has 6 heteroatoms. The van der Waals surface area contributed by atoms with Crippen molar-refractivity contribution in [1.82, 2.24) is 0 Å². The van der Waals surface area contributed by atoms with E-state index in [1.54, 1.807) is 0 Å². The predicted molar refractivity (Wildman–Crippen MR) is 54.1 cm³/mol. The number of aliphatic hydroxyl groups is 1. The van der Waals surface area contributed by atoms with Gasteiger partial charge in [0.25, 0.3) is 0 Å². The van der Waals surface area contributed by atoms with Crippen molar-refractivity contribution >= 4 is 21.2 Å². The van der Waals surface area contributed by atoms with Crippen LogP contribution in [0.15, 0.2) is 23.1 Å². The van der Waals surface area contributed by atoms with Gasteiger partial charge in [-0.05, 0) is 25.1 Å². The van der Waals surface area contributed by atoms with E-state index in [-0.39, 0.29) is 10.6 Å². The highest BCUT2D eigenvalue weighted by Crippen LogP contribution is 2.23.